The molecule has 3 amide bonds. The molecule has 1 aliphatic carbocycles. The van der Waals surface area contributed by atoms with Crippen molar-refractivity contribution in [3.63, 3.8) is 0 Å². The highest BCUT2D eigenvalue weighted by atomic mass is 19.1. The Morgan fingerprint density at radius 3 is 2.63 bits per heavy atom. The lowest BCUT2D eigenvalue weighted by Crippen LogP contribution is -2.37. The molecule has 0 unspecified atom stereocenters. The summed E-state index contributed by atoms with van der Waals surface area (Å²) < 4.78 is 12.9. The van der Waals surface area contributed by atoms with Crippen LogP contribution in [0.4, 0.5) is 14.9 Å². The normalized spacial score (nSPS) is 13.7. The molecular weight excluding hydrogens is 249 g/mol. The van der Waals surface area contributed by atoms with E-state index in [9.17, 15) is 14.0 Å². The summed E-state index contributed by atoms with van der Waals surface area (Å²) in [5.41, 5.74) is 0.388. The fourth-order valence-corrected chi connectivity index (χ4v) is 1.59. The van der Waals surface area contributed by atoms with E-state index in [2.05, 4.69) is 16.0 Å². The van der Waals surface area contributed by atoms with Crippen LogP contribution in [0.3, 0.4) is 0 Å². The largest absolute Gasteiger partial charge is 0.354 e. The lowest BCUT2D eigenvalue weighted by atomic mass is 10.3. The third-order valence-corrected chi connectivity index (χ3v) is 2.74. The molecule has 1 aromatic rings. The maximum atomic E-state index is 12.9. The van der Waals surface area contributed by atoms with Gasteiger partial charge in [0.25, 0.3) is 0 Å². The van der Waals surface area contributed by atoms with Crippen LogP contribution in [-0.2, 0) is 4.79 Å². The van der Waals surface area contributed by atoms with Crippen LogP contribution >= 0.6 is 0 Å². The fraction of sp³-hybridized carbons (Fsp3) is 0.385. The van der Waals surface area contributed by atoms with Crippen molar-refractivity contribution < 1.29 is 14.0 Å². The monoisotopic (exact) mass is 265 g/mol. The molecular formula is C13H16FN3O2. The first-order valence-electron chi connectivity index (χ1n) is 6.23. The van der Waals surface area contributed by atoms with Gasteiger partial charge in [0.2, 0.25) is 5.91 Å². The molecule has 6 heteroatoms. The van der Waals surface area contributed by atoms with E-state index in [0.717, 1.165) is 12.8 Å². The molecule has 0 saturated heterocycles. The summed E-state index contributed by atoms with van der Waals surface area (Å²) in [5, 5.41) is 7.81. The van der Waals surface area contributed by atoms with Crippen LogP contribution in [0, 0.1) is 11.7 Å². The van der Waals surface area contributed by atoms with Gasteiger partial charge in [0.15, 0.2) is 0 Å². The van der Waals surface area contributed by atoms with Crippen molar-refractivity contribution in [2.45, 2.75) is 12.8 Å². The van der Waals surface area contributed by atoms with Crippen molar-refractivity contribution >= 4 is 17.6 Å². The standard InChI is InChI=1S/C13H16FN3O2/c14-10-2-1-3-11(8-10)17-13(19)16-7-6-15-12(18)9-4-5-9/h1-3,8-9H,4-7H2,(H,15,18)(H2,16,17,19). The van der Waals surface area contributed by atoms with E-state index in [-0.39, 0.29) is 11.8 Å². The molecule has 0 aromatic heterocycles. The van der Waals surface area contributed by atoms with E-state index in [4.69, 9.17) is 0 Å². The number of benzene rings is 1. The predicted octanol–water partition coefficient (Wildman–Crippen LogP) is 1.47. The molecule has 0 radical (unpaired) electrons. The Morgan fingerprint density at radius 2 is 1.95 bits per heavy atom. The van der Waals surface area contributed by atoms with Crippen LogP contribution in [-0.4, -0.2) is 25.0 Å². The second-order valence-electron chi connectivity index (χ2n) is 4.46. The van der Waals surface area contributed by atoms with Gasteiger partial charge in [-0.2, -0.15) is 0 Å². The fourth-order valence-electron chi connectivity index (χ4n) is 1.59. The minimum Gasteiger partial charge on any atom is -0.354 e. The first-order chi connectivity index (χ1) is 9.15. The number of hydrogen-bond acceptors (Lipinski definition) is 2. The molecule has 19 heavy (non-hydrogen) atoms. The molecule has 1 aliphatic rings. The van der Waals surface area contributed by atoms with Crippen LogP contribution < -0.4 is 16.0 Å². The molecule has 0 bridgehead atoms. The van der Waals surface area contributed by atoms with Gasteiger partial charge < -0.3 is 16.0 Å². The zero-order valence-electron chi connectivity index (χ0n) is 10.4. The number of anilines is 1. The lowest BCUT2D eigenvalue weighted by molar-refractivity contribution is -0.122. The Hall–Kier alpha value is -2.11. The second kappa shape index (κ2) is 6.17. The zero-order chi connectivity index (χ0) is 13.7. The van der Waals surface area contributed by atoms with Gasteiger partial charge in [-0.1, -0.05) is 6.07 Å². The van der Waals surface area contributed by atoms with E-state index in [0.29, 0.717) is 18.8 Å². The van der Waals surface area contributed by atoms with Gasteiger partial charge in [-0.05, 0) is 31.0 Å². The van der Waals surface area contributed by atoms with Gasteiger partial charge in [0.05, 0.1) is 0 Å². The molecule has 1 fully saturated rings. The number of rotatable bonds is 5. The quantitative estimate of drug-likeness (QED) is 0.706. The van der Waals surface area contributed by atoms with Crippen molar-refractivity contribution in [2.24, 2.45) is 5.92 Å². The van der Waals surface area contributed by atoms with Crippen LogP contribution in [0.25, 0.3) is 0 Å². The van der Waals surface area contributed by atoms with E-state index in [1.807, 2.05) is 0 Å². The molecule has 0 atom stereocenters. The average molecular weight is 265 g/mol. The second-order valence-corrected chi connectivity index (χ2v) is 4.46. The number of hydrogen-bond donors (Lipinski definition) is 3. The van der Waals surface area contributed by atoms with Crippen LogP contribution in [0.5, 0.6) is 0 Å². The topological polar surface area (TPSA) is 70.2 Å². The van der Waals surface area contributed by atoms with E-state index in [1.54, 1.807) is 6.07 Å². The van der Waals surface area contributed by atoms with Crippen molar-refractivity contribution in [3.05, 3.63) is 30.1 Å². The van der Waals surface area contributed by atoms with Gasteiger partial charge >= 0.3 is 6.03 Å². The number of amides is 3. The van der Waals surface area contributed by atoms with Gasteiger partial charge in [-0.25, -0.2) is 9.18 Å². The number of nitrogens with one attached hydrogen (secondary N) is 3. The molecule has 1 saturated carbocycles. The summed E-state index contributed by atoms with van der Waals surface area (Å²) in [5.74, 6) is -0.192. The minimum absolute atomic E-state index is 0.0485. The number of carbonyl (C=O) groups is 2. The van der Waals surface area contributed by atoms with Gasteiger partial charge in [-0.15, -0.1) is 0 Å². The molecule has 3 N–H and O–H groups in total. The Labute approximate surface area is 110 Å². The number of carbonyl (C=O) groups excluding carboxylic acids is 2. The first kappa shape index (κ1) is 13.3. The lowest BCUT2D eigenvalue weighted by Gasteiger charge is -2.08. The highest BCUT2D eigenvalue weighted by Crippen LogP contribution is 2.28. The van der Waals surface area contributed by atoms with Crippen LogP contribution in [0.1, 0.15) is 12.8 Å². The smallest absolute Gasteiger partial charge is 0.319 e. The molecule has 0 heterocycles. The molecule has 5 nitrogen and oxygen atoms in total. The molecule has 2 rings (SSSR count). The first-order valence-corrected chi connectivity index (χ1v) is 6.23. The Kier molecular flexibility index (Phi) is 4.33. The highest BCUT2D eigenvalue weighted by Gasteiger charge is 2.28. The van der Waals surface area contributed by atoms with Crippen molar-refractivity contribution in [1.29, 1.82) is 0 Å². The zero-order valence-corrected chi connectivity index (χ0v) is 10.4. The van der Waals surface area contributed by atoms with Crippen molar-refractivity contribution in [2.75, 3.05) is 18.4 Å². The molecule has 1 aromatic carbocycles. The maximum Gasteiger partial charge on any atom is 0.319 e. The molecule has 102 valence electrons. The summed E-state index contributed by atoms with van der Waals surface area (Å²) in [4.78, 5) is 22.8. The van der Waals surface area contributed by atoms with Gasteiger partial charge in [0.1, 0.15) is 5.82 Å². The van der Waals surface area contributed by atoms with Crippen LogP contribution in [0.15, 0.2) is 24.3 Å². The molecule has 0 aliphatic heterocycles. The van der Waals surface area contributed by atoms with E-state index in [1.165, 1.54) is 18.2 Å². The predicted molar refractivity (Wildman–Crippen MR) is 69.2 cm³/mol. The Morgan fingerprint density at radius 1 is 1.21 bits per heavy atom. The third kappa shape index (κ3) is 4.57. The van der Waals surface area contributed by atoms with Crippen molar-refractivity contribution in [1.82, 2.24) is 10.6 Å². The minimum atomic E-state index is -0.425. The van der Waals surface area contributed by atoms with E-state index < -0.39 is 11.8 Å². The Bertz CT molecular complexity index is 475. The molecule has 0 spiro atoms. The third-order valence-electron chi connectivity index (χ3n) is 2.74. The van der Waals surface area contributed by atoms with Crippen molar-refractivity contribution in [3.8, 4) is 0 Å². The Balaban J connectivity index is 1.62. The summed E-state index contributed by atoms with van der Waals surface area (Å²) in [7, 11) is 0. The summed E-state index contributed by atoms with van der Waals surface area (Å²) >= 11 is 0. The maximum absolute atomic E-state index is 12.9. The summed E-state index contributed by atoms with van der Waals surface area (Å²) in [6, 6.07) is 5.22. The van der Waals surface area contributed by atoms with E-state index >= 15 is 0 Å². The van der Waals surface area contributed by atoms with Gasteiger partial charge in [-0.3, -0.25) is 4.79 Å². The van der Waals surface area contributed by atoms with Crippen LogP contribution in [0.2, 0.25) is 0 Å². The average Bonchev–Trinajstić information content (AvgIpc) is 3.18. The highest BCUT2D eigenvalue weighted by molar-refractivity contribution is 5.89. The summed E-state index contributed by atoms with van der Waals surface area (Å²) in [6.45, 7) is 0.728. The van der Waals surface area contributed by atoms with Gasteiger partial charge in [0, 0.05) is 24.7 Å². The SMILES string of the molecule is O=C(NCCNC(=O)C1CC1)Nc1cccc(F)c1. The number of halogens is 1. The summed E-state index contributed by atoms with van der Waals surface area (Å²) in [6.07, 6.45) is 1.92. The number of urea groups is 1.